The Hall–Kier alpha value is -2.48. The van der Waals surface area contributed by atoms with Gasteiger partial charge in [-0.05, 0) is 56.5 Å². The van der Waals surface area contributed by atoms with E-state index in [1.807, 2.05) is 41.3 Å². The molecule has 2 aromatic carbocycles. The van der Waals surface area contributed by atoms with E-state index in [-0.39, 0.29) is 18.0 Å². The molecule has 2 bridgehead atoms. The van der Waals surface area contributed by atoms with Crippen molar-refractivity contribution in [1.29, 1.82) is 0 Å². The molecular formula is C24H27N3O3S. The lowest BCUT2D eigenvalue weighted by atomic mass is 10.0. The zero-order valence-corrected chi connectivity index (χ0v) is 18.6. The SMILES string of the molecule is CC(C)(O)C(=O)N1C2CCC1CN(Cc1ccc(Oc3nc4ccccc4s3)cc1)C2. The van der Waals surface area contributed by atoms with E-state index in [9.17, 15) is 9.90 Å². The van der Waals surface area contributed by atoms with Gasteiger partial charge in [0.25, 0.3) is 11.1 Å². The molecule has 3 aromatic rings. The second-order valence-corrected chi connectivity index (χ2v) is 10.0. The third kappa shape index (κ3) is 4.18. The predicted molar refractivity (Wildman–Crippen MR) is 121 cm³/mol. The maximum atomic E-state index is 12.6. The van der Waals surface area contributed by atoms with E-state index in [1.54, 1.807) is 25.2 Å². The van der Waals surface area contributed by atoms with Crippen LogP contribution in [0.25, 0.3) is 10.2 Å². The Balaban J connectivity index is 1.21. The van der Waals surface area contributed by atoms with Crippen LogP contribution in [-0.4, -0.2) is 56.6 Å². The van der Waals surface area contributed by atoms with Gasteiger partial charge < -0.3 is 14.7 Å². The number of ether oxygens (including phenoxy) is 1. The van der Waals surface area contributed by atoms with Crippen molar-refractivity contribution >= 4 is 27.5 Å². The number of aliphatic hydroxyl groups is 1. The first kappa shape index (κ1) is 20.4. The van der Waals surface area contributed by atoms with Crippen LogP contribution in [0.15, 0.2) is 48.5 Å². The van der Waals surface area contributed by atoms with Crippen molar-refractivity contribution in [3.05, 3.63) is 54.1 Å². The number of likely N-dealkylation sites (tertiary alicyclic amines) is 1. The molecule has 0 aliphatic carbocycles. The highest BCUT2D eigenvalue weighted by Crippen LogP contribution is 2.34. The summed E-state index contributed by atoms with van der Waals surface area (Å²) in [6, 6.07) is 16.6. The summed E-state index contributed by atoms with van der Waals surface area (Å²) >= 11 is 1.54. The van der Waals surface area contributed by atoms with Crippen molar-refractivity contribution in [3.63, 3.8) is 0 Å². The largest absolute Gasteiger partial charge is 0.431 e. The molecule has 0 radical (unpaired) electrons. The van der Waals surface area contributed by atoms with Crippen molar-refractivity contribution in [2.75, 3.05) is 13.1 Å². The smallest absolute Gasteiger partial charge is 0.279 e. The number of hydrogen-bond acceptors (Lipinski definition) is 6. The molecule has 5 rings (SSSR count). The van der Waals surface area contributed by atoms with Crippen LogP contribution < -0.4 is 4.74 Å². The van der Waals surface area contributed by atoms with Crippen molar-refractivity contribution in [2.24, 2.45) is 0 Å². The van der Waals surface area contributed by atoms with Gasteiger partial charge in [0.1, 0.15) is 11.4 Å². The van der Waals surface area contributed by atoms with Crippen LogP contribution in [0.1, 0.15) is 32.3 Å². The number of amides is 1. The number of nitrogens with zero attached hydrogens (tertiary/aromatic N) is 3. The van der Waals surface area contributed by atoms with Crippen LogP contribution in [0.5, 0.6) is 10.9 Å². The van der Waals surface area contributed by atoms with Crippen molar-refractivity contribution in [3.8, 4) is 10.9 Å². The highest BCUT2D eigenvalue weighted by atomic mass is 32.1. The third-order valence-corrected chi connectivity index (χ3v) is 7.04. The van der Waals surface area contributed by atoms with Gasteiger partial charge in [-0.25, -0.2) is 4.98 Å². The Kier molecular flexibility index (Phi) is 5.20. The molecule has 162 valence electrons. The standard InChI is InChI=1S/C24H27N3O3S/c1-24(2,29)22(28)27-17-9-10-18(27)15-26(14-17)13-16-7-11-19(12-8-16)30-23-25-20-5-3-4-6-21(20)31-23/h3-8,11-12,17-18,29H,9-10,13-15H2,1-2H3. The van der Waals surface area contributed by atoms with E-state index >= 15 is 0 Å². The summed E-state index contributed by atoms with van der Waals surface area (Å²) in [7, 11) is 0. The van der Waals surface area contributed by atoms with E-state index < -0.39 is 5.60 Å². The van der Waals surface area contributed by atoms with E-state index in [1.165, 1.54) is 5.56 Å². The van der Waals surface area contributed by atoms with Crippen LogP contribution >= 0.6 is 11.3 Å². The molecule has 0 spiro atoms. The highest BCUT2D eigenvalue weighted by Gasteiger charge is 2.45. The average molecular weight is 438 g/mol. The summed E-state index contributed by atoms with van der Waals surface area (Å²) in [4.78, 5) is 21.5. The number of carbonyl (C=O) groups excluding carboxylic acids is 1. The van der Waals surface area contributed by atoms with E-state index in [4.69, 9.17) is 4.74 Å². The Labute approximate surface area is 186 Å². The number of benzene rings is 2. The topological polar surface area (TPSA) is 65.9 Å². The van der Waals surface area contributed by atoms with Crippen molar-refractivity contribution < 1.29 is 14.6 Å². The van der Waals surface area contributed by atoms with Gasteiger partial charge in [0.15, 0.2) is 0 Å². The maximum Gasteiger partial charge on any atom is 0.279 e. The summed E-state index contributed by atoms with van der Waals surface area (Å²) in [6.45, 7) is 5.71. The number of hydrogen-bond donors (Lipinski definition) is 1. The zero-order valence-electron chi connectivity index (χ0n) is 17.8. The number of aromatic nitrogens is 1. The number of rotatable bonds is 5. The number of carbonyl (C=O) groups is 1. The summed E-state index contributed by atoms with van der Waals surface area (Å²) in [5, 5.41) is 10.8. The maximum absolute atomic E-state index is 12.6. The molecule has 7 heteroatoms. The molecule has 31 heavy (non-hydrogen) atoms. The lowest BCUT2D eigenvalue weighted by Crippen LogP contribution is -2.59. The summed E-state index contributed by atoms with van der Waals surface area (Å²) in [6.07, 6.45) is 2.02. The first-order chi connectivity index (χ1) is 14.9. The molecule has 2 saturated heterocycles. The molecule has 2 unspecified atom stereocenters. The zero-order chi connectivity index (χ0) is 21.6. The lowest BCUT2D eigenvalue weighted by Gasteiger charge is -2.43. The molecule has 1 N–H and O–H groups in total. The fourth-order valence-corrected chi connectivity index (χ4v) is 5.52. The Morgan fingerprint density at radius 1 is 1.13 bits per heavy atom. The molecule has 6 nitrogen and oxygen atoms in total. The number of thiazole rings is 1. The number of piperazine rings is 1. The Morgan fingerprint density at radius 3 is 2.45 bits per heavy atom. The van der Waals surface area contributed by atoms with Crippen molar-refractivity contribution in [1.82, 2.24) is 14.8 Å². The summed E-state index contributed by atoms with van der Waals surface area (Å²) < 4.78 is 7.07. The van der Waals surface area contributed by atoms with Crippen LogP contribution in [0.2, 0.25) is 0 Å². The molecule has 2 aliphatic heterocycles. The fraction of sp³-hybridized carbons (Fsp3) is 0.417. The number of fused-ring (bicyclic) bond motifs is 3. The molecule has 1 aromatic heterocycles. The normalized spacial score (nSPS) is 21.6. The summed E-state index contributed by atoms with van der Waals surface area (Å²) in [5.41, 5.74) is 0.872. The van der Waals surface area contributed by atoms with Gasteiger partial charge in [-0.2, -0.15) is 0 Å². The predicted octanol–water partition coefficient (Wildman–Crippen LogP) is 4.03. The van der Waals surface area contributed by atoms with Gasteiger partial charge in [-0.15, -0.1) is 0 Å². The molecule has 1 amide bonds. The first-order valence-electron chi connectivity index (χ1n) is 10.8. The molecular weight excluding hydrogens is 410 g/mol. The molecule has 0 saturated carbocycles. The lowest BCUT2D eigenvalue weighted by molar-refractivity contribution is -0.154. The van der Waals surface area contributed by atoms with Gasteiger partial charge in [-0.3, -0.25) is 9.69 Å². The van der Waals surface area contributed by atoms with Crippen molar-refractivity contribution in [2.45, 2.75) is 50.9 Å². The average Bonchev–Trinajstić information content (AvgIpc) is 3.25. The second-order valence-electron chi connectivity index (χ2n) is 9.04. The Morgan fingerprint density at radius 2 is 1.81 bits per heavy atom. The first-order valence-corrected chi connectivity index (χ1v) is 11.6. The van der Waals surface area contributed by atoms with Crippen LogP contribution in [0.3, 0.4) is 0 Å². The van der Waals surface area contributed by atoms with Crippen LogP contribution in [0, 0.1) is 0 Å². The van der Waals surface area contributed by atoms with E-state index in [2.05, 4.69) is 22.0 Å². The van der Waals surface area contributed by atoms with E-state index in [0.717, 1.165) is 48.4 Å². The molecule has 2 atom stereocenters. The molecule has 2 aliphatic rings. The minimum Gasteiger partial charge on any atom is -0.431 e. The summed E-state index contributed by atoms with van der Waals surface area (Å²) in [5.74, 6) is 0.638. The van der Waals surface area contributed by atoms with Gasteiger partial charge in [0, 0.05) is 31.7 Å². The number of para-hydroxylation sites is 1. The minimum absolute atomic E-state index is 0.143. The van der Waals surface area contributed by atoms with Gasteiger partial charge in [0.05, 0.1) is 10.2 Å². The van der Waals surface area contributed by atoms with Gasteiger partial charge in [0.2, 0.25) is 0 Å². The van der Waals surface area contributed by atoms with Gasteiger partial charge in [-0.1, -0.05) is 35.6 Å². The van der Waals surface area contributed by atoms with Crippen LogP contribution in [-0.2, 0) is 11.3 Å². The third-order valence-electron chi connectivity index (χ3n) is 6.12. The fourth-order valence-electron chi connectivity index (χ4n) is 4.68. The quantitative estimate of drug-likeness (QED) is 0.653. The van der Waals surface area contributed by atoms with Gasteiger partial charge >= 0.3 is 0 Å². The molecule has 2 fully saturated rings. The Bertz CT molecular complexity index is 1040. The molecule has 3 heterocycles. The monoisotopic (exact) mass is 437 g/mol. The minimum atomic E-state index is -1.30. The van der Waals surface area contributed by atoms with Crippen LogP contribution in [0.4, 0.5) is 0 Å². The second kappa shape index (κ2) is 7.89. The highest BCUT2D eigenvalue weighted by molar-refractivity contribution is 7.20. The van der Waals surface area contributed by atoms with E-state index in [0.29, 0.717) is 5.19 Å².